The zero-order chi connectivity index (χ0) is 14.8. The van der Waals surface area contributed by atoms with Crippen LogP contribution in [0.3, 0.4) is 0 Å². The predicted octanol–water partition coefficient (Wildman–Crippen LogP) is 3.37. The molecule has 3 rings (SSSR count). The van der Waals surface area contributed by atoms with Crippen LogP contribution in [0.2, 0.25) is 0 Å². The van der Waals surface area contributed by atoms with Gasteiger partial charge in [-0.2, -0.15) is 0 Å². The molecule has 0 saturated heterocycles. The van der Waals surface area contributed by atoms with E-state index < -0.39 is 0 Å². The van der Waals surface area contributed by atoms with E-state index in [9.17, 15) is 0 Å². The summed E-state index contributed by atoms with van der Waals surface area (Å²) in [5, 5.41) is 12.4. The first-order chi connectivity index (χ1) is 10.2. The Labute approximate surface area is 125 Å². The topological polar surface area (TPSA) is 69.6 Å². The van der Waals surface area contributed by atoms with Crippen LogP contribution in [0.1, 0.15) is 50.6 Å². The smallest absolute Gasteiger partial charge is 0.182 e. The molecule has 0 radical (unpaired) electrons. The van der Waals surface area contributed by atoms with Crippen molar-refractivity contribution >= 4 is 5.69 Å². The molecule has 1 aromatic carbocycles. The lowest BCUT2D eigenvalue weighted by Gasteiger charge is -2.27. The minimum absolute atomic E-state index is 0.341. The molecule has 5 nitrogen and oxygen atoms in total. The maximum Gasteiger partial charge on any atom is 0.182 e. The van der Waals surface area contributed by atoms with Crippen molar-refractivity contribution in [1.82, 2.24) is 20.2 Å². The third-order valence-corrected chi connectivity index (χ3v) is 4.74. The van der Waals surface area contributed by atoms with Gasteiger partial charge in [0, 0.05) is 11.3 Å². The van der Waals surface area contributed by atoms with Gasteiger partial charge in [-0.1, -0.05) is 19.3 Å². The van der Waals surface area contributed by atoms with Crippen molar-refractivity contribution in [2.75, 3.05) is 5.73 Å². The van der Waals surface area contributed by atoms with Crippen molar-refractivity contribution in [1.29, 1.82) is 0 Å². The Kier molecular flexibility index (Phi) is 3.90. The molecular weight excluding hydrogens is 262 g/mol. The van der Waals surface area contributed by atoms with E-state index in [4.69, 9.17) is 5.73 Å². The molecule has 1 aromatic heterocycles. The Morgan fingerprint density at radius 2 is 2.00 bits per heavy atom. The second-order valence-corrected chi connectivity index (χ2v) is 6.16. The van der Waals surface area contributed by atoms with Crippen LogP contribution in [-0.4, -0.2) is 20.2 Å². The van der Waals surface area contributed by atoms with Crippen LogP contribution in [-0.2, 0) is 0 Å². The molecule has 21 heavy (non-hydrogen) atoms. The van der Waals surface area contributed by atoms with Gasteiger partial charge < -0.3 is 5.73 Å². The van der Waals surface area contributed by atoms with Crippen LogP contribution in [0.4, 0.5) is 5.69 Å². The Bertz CT molecular complexity index is 613. The van der Waals surface area contributed by atoms with E-state index in [2.05, 4.69) is 28.5 Å². The monoisotopic (exact) mass is 285 g/mol. The molecular formula is C16H23N5. The first kappa shape index (κ1) is 14.0. The van der Waals surface area contributed by atoms with Gasteiger partial charge in [0.1, 0.15) is 0 Å². The first-order valence-corrected chi connectivity index (χ1v) is 7.81. The molecule has 1 atom stereocenters. The fourth-order valence-corrected chi connectivity index (χ4v) is 3.29. The summed E-state index contributed by atoms with van der Waals surface area (Å²) < 4.78 is 1.99. The van der Waals surface area contributed by atoms with Crippen molar-refractivity contribution < 1.29 is 0 Å². The number of hydrogen-bond acceptors (Lipinski definition) is 4. The minimum Gasteiger partial charge on any atom is -0.399 e. The molecule has 1 aliphatic rings. The SMILES string of the molecule is Cc1cc(-c2nnnn2C(C)C2CCCCC2)ccc1N. The standard InChI is InChI=1S/C16H23N5/c1-11-10-14(8-9-15(11)17)16-18-19-20-21(16)12(2)13-6-4-3-5-7-13/h8-10,12-13H,3-7,17H2,1-2H3. The molecule has 1 heterocycles. The maximum atomic E-state index is 5.90. The summed E-state index contributed by atoms with van der Waals surface area (Å²) in [5.74, 6) is 1.52. The number of nitrogens with two attached hydrogens (primary N) is 1. The van der Waals surface area contributed by atoms with Gasteiger partial charge in [0.05, 0.1) is 6.04 Å². The molecule has 2 aromatic rings. The fraction of sp³-hybridized carbons (Fsp3) is 0.562. The van der Waals surface area contributed by atoms with Gasteiger partial charge >= 0.3 is 0 Å². The summed E-state index contributed by atoms with van der Waals surface area (Å²) >= 11 is 0. The number of aromatic nitrogens is 4. The highest BCUT2D eigenvalue weighted by molar-refractivity contribution is 5.61. The summed E-state index contributed by atoms with van der Waals surface area (Å²) in [4.78, 5) is 0. The van der Waals surface area contributed by atoms with Crippen molar-refractivity contribution in [2.45, 2.75) is 52.0 Å². The number of anilines is 1. The zero-order valence-corrected chi connectivity index (χ0v) is 12.8. The van der Waals surface area contributed by atoms with Crippen molar-refractivity contribution in [3.05, 3.63) is 23.8 Å². The molecule has 2 N–H and O–H groups in total. The Morgan fingerprint density at radius 1 is 1.24 bits per heavy atom. The van der Waals surface area contributed by atoms with E-state index in [-0.39, 0.29) is 0 Å². The highest BCUT2D eigenvalue weighted by Crippen LogP contribution is 2.34. The van der Waals surface area contributed by atoms with Crippen molar-refractivity contribution in [3.63, 3.8) is 0 Å². The summed E-state index contributed by atoms with van der Waals surface area (Å²) in [6.45, 7) is 4.25. The molecule has 1 fully saturated rings. The van der Waals surface area contributed by atoms with E-state index in [0.29, 0.717) is 12.0 Å². The van der Waals surface area contributed by atoms with Gasteiger partial charge in [0.2, 0.25) is 0 Å². The van der Waals surface area contributed by atoms with E-state index in [1.165, 1.54) is 32.1 Å². The highest BCUT2D eigenvalue weighted by atomic mass is 15.5. The Morgan fingerprint density at radius 3 is 2.71 bits per heavy atom. The van der Waals surface area contributed by atoms with Crippen LogP contribution in [0.25, 0.3) is 11.4 Å². The average molecular weight is 285 g/mol. The van der Waals surface area contributed by atoms with E-state index in [0.717, 1.165) is 22.6 Å². The lowest BCUT2D eigenvalue weighted by atomic mass is 9.84. The molecule has 0 bridgehead atoms. The molecule has 112 valence electrons. The molecule has 0 spiro atoms. The van der Waals surface area contributed by atoms with Crippen molar-refractivity contribution in [2.24, 2.45) is 5.92 Å². The lowest BCUT2D eigenvalue weighted by molar-refractivity contribution is 0.249. The van der Waals surface area contributed by atoms with E-state index >= 15 is 0 Å². The first-order valence-electron chi connectivity index (χ1n) is 7.81. The number of nitrogen functional groups attached to an aromatic ring is 1. The largest absolute Gasteiger partial charge is 0.399 e. The number of rotatable bonds is 3. The molecule has 1 unspecified atom stereocenters. The van der Waals surface area contributed by atoms with Gasteiger partial charge in [-0.15, -0.1) is 5.10 Å². The molecule has 0 aliphatic heterocycles. The maximum absolute atomic E-state index is 5.90. The zero-order valence-electron chi connectivity index (χ0n) is 12.8. The normalized spacial score (nSPS) is 17.8. The molecule has 5 heteroatoms. The molecule has 0 amide bonds. The van der Waals surface area contributed by atoms with Gasteiger partial charge in [-0.25, -0.2) is 4.68 Å². The fourth-order valence-electron chi connectivity index (χ4n) is 3.29. The summed E-state index contributed by atoms with van der Waals surface area (Å²) in [6.07, 6.45) is 6.58. The quantitative estimate of drug-likeness (QED) is 0.878. The number of aryl methyl sites for hydroxylation is 1. The number of nitrogens with zero attached hydrogens (tertiary/aromatic N) is 4. The van der Waals surface area contributed by atoms with E-state index in [1.807, 2.05) is 23.7 Å². The predicted molar refractivity (Wildman–Crippen MR) is 83.7 cm³/mol. The summed E-state index contributed by atoms with van der Waals surface area (Å²) in [6, 6.07) is 6.33. The van der Waals surface area contributed by atoms with Crippen LogP contribution in [0.5, 0.6) is 0 Å². The van der Waals surface area contributed by atoms with Gasteiger partial charge in [0.25, 0.3) is 0 Å². The van der Waals surface area contributed by atoms with Crippen LogP contribution in [0, 0.1) is 12.8 Å². The third-order valence-electron chi connectivity index (χ3n) is 4.74. The number of hydrogen-bond donors (Lipinski definition) is 1. The van der Waals surface area contributed by atoms with Gasteiger partial charge in [0.15, 0.2) is 5.82 Å². The summed E-state index contributed by atoms with van der Waals surface area (Å²) in [7, 11) is 0. The van der Waals surface area contributed by atoms with Gasteiger partial charge in [-0.3, -0.25) is 0 Å². The van der Waals surface area contributed by atoms with Crippen LogP contribution in [0.15, 0.2) is 18.2 Å². The molecule has 1 saturated carbocycles. The lowest BCUT2D eigenvalue weighted by Crippen LogP contribution is -2.21. The van der Waals surface area contributed by atoms with Gasteiger partial charge in [-0.05, 0) is 66.8 Å². The van der Waals surface area contributed by atoms with Crippen molar-refractivity contribution in [3.8, 4) is 11.4 Å². The second kappa shape index (κ2) is 5.84. The highest BCUT2D eigenvalue weighted by Gasteiger charge is 2.25. The average Bonchev–Trinajstić information content (AvgIpc) is 2.99. The Balaban J connectivity index is 1.90. The Hall–Kier alpha value is -1.91. The van der Waals surface area contributed by atoms with Crippen LogP contribution >= 0.6 is 0 Å². The summed E-state index contributed by atoms with van der Waals surface area (Å²) in [5.41, 5.74) is 8.80. The number of tetrazole rings is 1. The third kappa shape index (κ3) is 2.77. The minimum atomic E-state index is 0.341. The number of benzene rings is 1. The van der Waals surface area contributed by atoms with E-state index in [1.54, 1.807) is 0 Å². The molecule has 1 aliphatic carbocycles. The van der Waals surface area contributed by atoms with Crippen LogP contribution < -0.4 is 5.73 Å². The second-order valence-electron chi connectivity index (χ2n) is 6.16.